The third-order valence-corrected chi connectivity index (χ3v) is 8.96. The molecule has 43 heavy (non-hydrogen) atoms. The Kier molecular flexibility index (Phi) is 9.76. The fourth-order valence-corrected chi connectivity index (χ4v) is 7.24. The van der Waals surface area contributed by atoms with Crippen molar-refractivity contribution >= 4 is 34.8 Å². The van der Waals surface area contributed by atoms with Gasteiger partial charge in [-0.15, -0.1) is 0 Å². The largest absolute Gasteiger partial charge is 0.418 e. The van der Waals surface area contributed by atoms with Crippen molar-refractivity contribution < 1.29 is 27.5 Å². The number of halogens is 3. The molecule has 13 heteroatoms. The second-order valence-corrected chi connectivity index (χ2v) is 12.9. The lowest BCUT2D eigenvalue weighted by Crippen LogP contribution is -2.54. The lowest BCUT2D eigenvalue weighted by atomic mass is 9.89. The molecule has 1 aromatic carbocycles. The number of nitrogens with one attached hydrogen (secondary N) is 1. The summed E-state index contributed by atoms with van der Waals surface area (Å²) in [6, 6.07) is 4.49. The molecule has 1 saturated carbocycles. The predicted molar refractivity (Wildman–Crippen MR) is 161 cm³/mol. The zero-order valence-corrected chi connectivity index (χ0v) is 26.4. The van der Waals surface area contributed by atoms with Crippen LogP contribution in [0, 0.1) is 11.3 Å². The van der Waals surface area contributed by atoms with Crippen molar-refractivity contribution in [2.75, 3.05) is 45.2 Å². The lowest BCUT2D eigenvalue weighted by Gasteiger charge is -2.41. The molecule has 236 valence electrons. The van der Waals surface area contributed by atoms with Crippen LogP contribution in [0.15, 0.2) is 12.1 Å². The fraction of sp³-hybridized carbons (Fsp3) is 0.667. The summed E-state index contributed by atoms with van der Waals surface area (Å²) in [6.45, 7) is 11.2. The highest BCUT2D eigenvalue weighted by Crippen LogP contribution is 2.43. The zero-order chi connectivity index (χ0) is 31.9. The van der Waals surface area contributed by atoms with Crippen molar-refractivity contribution in [2.45, 2.75) is 89.3 Å². The molecule has 2 heterocycles. The van der Waals surface area contributed by atoms with Gasteiger partial charge in [0.15, 0.2) is 5.11 Å². The Bertz CT molecular complexity index is 1280. The highest BCUT2D eigenvalue weighted by atomic mass is 32.1. The molecule has 1 aromatic rings. The highest BCUT2D eigenvalue weighted by molar-refractivity contribution is 7.80. The van der Waals surface area contributed by atoms with Gasteiger partial charge in [-0.05, 0) is 77.7 Å². The van der Waals surface area contributed by atoms with Crippen LogP contribution in [0.4, 0.5) is 18.9 Å². The monoisotopic (exact) mass is 622 g/mol. The number of hydrogen-bond acceptors (Lipinski definition) is 7. The number of benzene rings is 1. The van der Waals surface area contributed by atoms with Crippen LogP contribution < -0.4 is 10.2 Å². The average molecular weight is 623 g/mol. The Hall–Kier alpha value is -2.79. The van der Waals surface area contributed by atoms with E-state index in [1.807, 2.05) is 0 Å². The van der Waals surface area contributed by atoms with E-state index in [1.54, 1.807) is 18.7 Å². The van der Waals surface area contributed by atoms with Crippen molar-refractivity contribution in [1.29, 1.82) is 5.26 Å². The molecule has 2 atom stereocenters. The molecule has 1 aliphatic carbocycles. The van der Waals surface area contributed by atoms with Crippen LogP contribution in [-0.4, -0.2) is 102 Å². The van der Waals surface area contributed by atoms with E-state index in [2.05, 4.69) is 24.1 Å². The number of nitriles is 1. The third kappa shape index (κ3) is 6.67. The molecule has 2 aliphatic heterocycles. The summed E-state index contributed by atoms with van der Waals surface area (Å²) >= 11 is 5.77. The van der Waals surface area contributed by atoms with Gasteiger partial charge in [0.05, 0.1) is 41.2 Å². The summed E-state index contributed by atoms with van der Waals surface area (Å²) in [5.41, 5.74) is -4.27. The first kappa shape index (κ1) is 33.1. The minimum Gasteiger partial charge on any atom is -0.377 e. The van der Waals surface area contributed by atoms with Crippen LogP contribution in [0.3, 0.4) is 0 Å². The van der Waals surface area contributed by atoms with Crippen molar-refractivity contribution in [3.05, 3.63) is 28.8 Å². The molecule has 1 N–H and O–H groups in total. The first-order valence-corrected chi connectivity index (χ1v) is 15.1. The average Bonchev–Trinajstić information content (AvgIpc) is 3.09. The maximum absolute atomic E-state index is 14.3. The topological polar surface area (TPSA) is 92.2 Å². The molecule has 0 unspecified atom stereocenters. The fourth-order valence-electron chi connectivity index (χ4n) is 6.68. The summed E-state index contributed by atoms with van der Waals surface area (Å²) in [4.78, 5) is 33.3. The van der Waals surface area contributed by atoms with Crippen molar-refractivity contribution in [2.24, 2.45) is 0 Å². The summed E-state index contributed by atoms with van der Waals surface area (Å²) in [5.74, 6) is -1.50. The number of anilines is 1. The number of thiocarbonyl (C=S) groups is 1. The van der Waals surface area contributed by atoms with E-state index in [4.69, 9.17) is 17.0 Å². The molecule has 2 amide bonds. The Labute approximate surface area is 256 Å². The van der Waals surface area contributed by atoms with Crippen LogP contribution in [0.2, 0.25) is 0 Å². The molecule has 3 fully saturated rings. The smallest absolute Gasteiger partial charge is 0.377 e. The first-order valence-electron chi connectivity index (χ1n) is 14.7. The Morgan fingerprint density at radius 2 is 1.77 bits per heavy atom. The Morgan fingerprint density at radius 3 is 2.30 bits per heavy atom. The maximum atomic E-state index is 14.3. The Balaban J connectivity index is 1.52. The minimum absolute atomic E-state index is 0.0481. The number of piperazine rings is 1. The molecule has 0 radical (unpaired) electrons. The zero-order valence-electron chi connectivity index (χ0n) is 25.6. The summed E-state index contributed by atoms with van der Waals surface area (Å²) in [7, 11) is 2.63. The molecular weight excluding hydrogens is 581 g/mol. The second kappa shape index (κ2) is 12.7. The number of hydrogen-bond donors (Lipinski definition) is 1. The summed E-state index contributed by atoms with van der Waals surface area (Å²) in [5, 5.41) is 13.0. The van der Waals surface area contributed by atoms with E-state index in [-0.39, 0.29) is 22.9 Å². The van der Waals surface area contributed by atoms with E-state index >= 15 is 0 Å². The van der Waals surface area contributed by atoms with Crippen molar-refractivity contribution in [3.63, 3.8) is 0 Å². The molecular formula is C30H41F3N6O3S. The van der Waals surface area contributed by atoms with E-state index in [9.17, 15) is 28.0 Å². The van der Waals surface area contributed by atoms with Crippen LogP contribution in [-0.2, 0) is 15.7 Å². The highest BCUT2D eigenvalue weighted by Gasteiger charge is 2.54. The molecule has 0 spiro atoms. The standard InChI is InChI=1S/C30H41F3N6O3S/c1-18-16-37(17-19(2)35-18)13-14-42-22-10-8-21(9-11-22)39-28(43)38(27(41)29(39,3)4)23-12-7-20(15-34)25(30(31,32)33)24(23)26(40)36(5)6/h7,12,18-19,21-22,35H,8-11,13-14,16-17H2,1-6H3/t18-,19+,21?,22?. The number of carbonyl (C=O) groups is 2. The number of amides is 2. The van der Waals surface area contributed by atoms with Crippen molar-refractivity contribution in [1.82, 2.24) is 20.0 Å². The quantitative estimate of drug-likeness (QED) is 0.457. The summed E-state index contributed by atoms with van der Waals surface area (Å²) in [6.07, 6.45) is -2.01. The van der Waals surface area contributed by atoms with E-state index in [0.717, 1.165) is 48.3 Å². The van der Waals surface area contributed by atoms with E-state index < -0.39 is 40.2 Å². The van der Waals surface area contributed by atoms with Gasteiger partial charge < -0.3 is 19.9 Å². The van der Waals surface area contributed by atoms with Crippen LogP contribution in [0.25, 0.3) is 0 Å². The molecule has 0 aromatic heterocycles. The number of carbonyl (C=O) groups excluding carboxylic acids is 2. The minimum atomic E-state index is -5.01. The SMILES string of the molecule is C[C@@H]1CN(CCOC2CCC(N3C(=S)N(c4ccc(C#N)c(C(F)(F)F)c4C(=O)N(C)C)C(=O)C3(C)C)CC2)C[C@H](C)N1. The van der Waals surface area contributed by atoms with Gasteiger partial charge in [0, 0.05) is 51.9 Å². The van der Waals surface area contributed by atoms with Gasteiger partial charge in [0.2, 0.25) is 0 Å². The van der Waals surface area contributed by atoms with Gasteiger partial charge >= 0.3 is 6.18 Å². The van der Waals surface area contributed by atoms with Crippen LogP contribution in [0.1, 0.15) is 74.9 Å². The molecule has 0 bridgehead atoms. The van der Waals surface area contributed by atoms with Gasteiger partial charge in [0.25, 0.3) is 11.8 Å². The summed E-state index contributed by atoms with van der Waals surface area (Å²) < 4.78 is 49.1. The number of ether oxygens (including phenoxy) is 1. The Morgan fingerprint density at radius 1 is 1.16 bits per heavy atom. The number of alkyl halides is 3. The van der Waals surface area contributed by atoms with Gasteiger partial charge in [-0.2, -0.15) is 18.4 Å². The van der Waals surface area contributed by atoms with Gasteiger partial charge in [-0.3, -0.25) is 19.4 Å². The van der Waals surface area contributed by atoms with Gasteiger partial charge in [-0.25, -0.2) is 0 Å². The number of nitrogens with zero attached hydrogens (tertiary/aromatic N) is 5. The molecule has 3 aliphatic rings. The van der Waals surface area contributed by atoms with Crippen molar-refractivity contribution in [3.8, 4) is 6.07 Å². The molecule has 2 saturated heterocycles. The van der Waals surface area contributed by atoms with E-state index in [1.165, 1.54) is 26.2 Å². The second-order valence-electron chi connectivity index (χ2n) is 12.6. The third-order valence-electron chi connectivity index (χ3n) is 8.58. The van der Waals surface area contributed by atoms with E-state index in [0.29, 0.717) is 31.5 Å². The van der Waals surface area contributed by atoms with Crippen LogP contribution >= 0.6 is 12.2 Å². The molecule has 4 rings (SSSR count). The van der Waals surface area contributed by atoms with Gasteiger partial charge in [-0.1, -0.05) is 0 Å². The van der Waals surface area contributed by atoms with Gasteiger partial charge in [0.1, 0.15) is 5.54 Å². The van der Waals surface area contributed by atoms with Crippen LogP contribution in [0.5, 0.6) is 0 Å². The lowest BCUT2D eigenvalue weighted by molar-refractivity contribution is -0.138. The molecule has 9 nitrogen and oxygen atoms in total. The predicted octanol–water partition coefficient (Wildman–Crippen LogP) is 4.00. The number of rotatable bonds is 7. The maximum Gasteiger partial charge on any atom is 0.418 e. The normalized spacial score (nSPS) is 26.5. The first-order chi connectivity index (χ1) is 20.1.